The molecule has 0 aliphatic heterocycles. The van der Waals surface area contributed by atoms with Crippen LogP contribution in [-0.2, 0) is 11.2 Å². The van der Waals surface area contributed by atoms with Gasteiger partial charge in [-0.05, 0) is 41.5 Å². The molecule has 2 heterocycles. The SMILES string of the molecule is O=C([O-])Cc1cc(C(=O)c2ccco2)sc1-c1ccc(Cl)cc1.[Na+]. The first kappa shape index (κ1) is 19.0. The van der Waals surface area contributed by atoms with Crippen LogP contribution in [0, 0.1) is 0 Å². The molecule has 3 aromatic rings. The molecule has 1 aromatic carbocycles. The molecule has 2 aromatic heterocycles. The van der Waals surface area contributed by atoms with E-state index >= 15 is 0 Å². The minimum atomic E-state index is -1.20. The Bertz CT molecular complexity index is 853. The van der Waals surface area contributed by atoms with Crippen LogP contribution < -0.4 is 34.7 Å². The first-order chi connectivity index (χ1) is 11.0. The van der Waals surface area contributed by atoms with Gasteiger partial charge in [0.2, 0.25) is 5.78 Å². The molecule has 0 saturated heterocycles. The van der Waals surface area contributed by atoms with Gasteiger partial charge in [-0.3, -0.25) is 4.79 Å². The summed E-state index contributed by atoms with van der Waals surface area (Å²) in [5, 5.41) is 11.6. The van der Waals surface area contributed by atoms with E-state index in [0.717, 1.165) is 5.56 Å². The van der Waals surface area contributed by atoms with Gasteiger partial charge in [-0.1, -0.05) is 23.7 Å². The van der Waals surface area contributed by atoms with Gasteiger partial charge in [-0.15, -0.1) is 11.3 Å². The predicted molar refractivity (Wildman–Crippen MR) is 85.6 cm³/mol. The number of rotatable bonds is 5. The third kappa shape index (κ3) is 4.18. The van der Waals surface area contributed by atoms with Crippen LogP contribution in [0.25, 0.3) is 10.4 Å². The molecule has 0 amide bonds. The van der Waals surface area contributed by atoms with Gasteiger partial charge in [0.1, 0.15) is 0 Å². The number of carboxylic acids is 1. The largest absolute Gasteiger partial charge is 1.00 e. The number of hydrogen-bond donors (Lipinski definition) is 0. The van der Waals surface area contributed by atoms with E-state index in [2.05, 4.69) is 0 Å². The van der Waals surface area contributed by atoms with Crippen molar-refractivity contribution in [2.45, 2.75) is 6.42 Å². The topological polar surface area (TPSA) is 70.3 Å². The number of halogens is 1. The van der Waals surface area contributed by atoms with Gasteiger partial charge in [-0.2, -0.15) is 0 Å². The first-order valence-corrected chi connectivity index (χ1v) is 7.91. The minimum Gasteiger partial charge on any atom is -0.550 e. The average Bonchev–Trinajstić information content (AvgIpc) is 3.16. The van der Waals surface area contributed by atoms with Crippen molar-refractivity contribution in [1.82, 2.24) is 0 Å². The van der Waals surface area contributed by atoms with E-state index in [0.29, 0.717) is 20.3 Å². The van der Waals surface area contributed by atoms with E-state index in [-0.39, 0.29) is 47.5 Å². The van der Waals surface area contributed by atoms with Crippen molar-refractivity contribution in [3.8, 4) is 10.4 Å². The maximum Gasteiger partial charge on any atom is 1.00 e. The Kier molecular flexibility index (Phi) is 6.43. The number of carbonyl (C=O) groups is 2. The smallest absolute Gasteiger partial charge is 0.550 e. The number of carbonyl (C=O) groups excluding carboxylic acids is 2. The molecule has 4 nitrogen and oxygen atoms in total. The molecule has 0 saturated carbocycles. The summed E-state index contributed by atoms with van der Waals surface area (Å²) in [6.45, 7) is 0. The fourth-order valence-electron chi connectivity index (χ4n) is 2.20. The Morgan fingerprint density at radius 3 is 2.46 bits per heavy atom. The summed E-state index contributed by atoms with van der Waals surface area (Å²) in [6.07, 6.45) is 1.16. The summed E-state index contributed by atoms with van der Waals surface area (Å²) in [5.74, 6) is -1.26. The number of ketones is 1. The second-order valence-electron chi connectivity index (χ2n) is 4.83. The summed E-state index contributed by atoms with van der Waals surface area (Å²) in [5.41, 5.74) is 1.33. The maximum absolute atomic E-state index is 12.4. The Labute approximate surface area is 169 Å². The molecule has 0 radical (unpaired) electrons. The summed E-state index contributed by atoms with van der Waals surface area (Å²) < 4.78 is 5.11. The Morgan fingerprint density at radius 2 is 1.88 bits per heavy atom. The third-order valence-corrected chi connectivity index (χ3v) is 4.70. The quantitative estimate of drug-likeness (QED) is 0.476. The van der Waals surface area contributed by atoms with Crippen molar-refractivity contribution in [1.29, 1.82) is 0 Å². The van der Waals surface area contributed by atoms with Gasteiger partial charge in [0.05, 0.1) is 11.1 Å². The van der Waals surface area contributed by atoms with Crippen LogP contribution in [-0.4, -0.2) is 11.8 Å². The number of aliphatic carboxylic acids is 1. The third-order valence-electron chi connectivity index (χ3n) is 3.22. The molecule has 0 fully saturated rings. The average molecular weight is 369 g/mol. The zero-order chi connectivity index (χ0) is 16.4. The number of hydrogen-bond acceptors (Lipinski definition) is 5. The van der Waals surface area contributed by atoms with Crippen molar-refractivity contribution in [2.24, 2.45) is 0 Å². The van der Waals surface area contributed by atoms with Gasteiger partial charge >= 0.3 is 29.6 Å². The summed E-state index contributed by atoms with van der Waals surface area (Å²) in [6, 6.07) is 11.8. The second kappa shape index (κ2) is 8.14. The number of thiophene rings is 1. The number of furan rings is 1. The molecular formula is C17H10ClNaO4S. The molecule has 3 rings (SSSR count). The summed E-state index contributed by atoms with van der Waals surface area (Å²) >= 11 is 7.10. The second-order valence-corrected chi connectivity index (χ2v) is 6.32. The van der Waals surface area contributed by atoms with E-state index in [9.17, 15) is 14.7 Å². The summed E-state index contributed by atoms with van der Waals surface area (Å²) in [7, 11) is 0. The van der Waals surface area contributed by atoms with Crippen molar-refractivity contribution < 1.29 is 48.7 Å². The van der Waals surface area contributed by atoms with Gasteiger partial charge in [0.25, 0.3) is 0 Å². The van der Waals surface area contributed by atoms with E-state index in [1.54, 1.807) is 42.5 Å². The van der Waals surface area contributed by atoms with E-state index in [4.69, 9.17) is 16.0 Å². The van der Waals surface area contributed by atoms with Crippen molar-refractivity contribution in [3.05, 3.63) is 70.0 Å². The molecule has 24 heavy (non-hydrogen) atoms. The zero-order valence-electron chi connectivity index (χ0n) is 12.7. The van der Waals surface area contributed by atoms with Crippen LogP contribution in [0.2, 0.25) is 5.02 Å². The minimum absolute atomic E-state index is 0. The van der Waals surface area contributed by atoms with Gasteiger partial charge in [0.15, 0.2) is 5.76 Å². The first-order valence-electron chi connectivity index (χ1n) is 6.71. The van der Waals surface area contributed by atoms with E-state index in [1.807, 2.05) is 0 Å². The summed E-state index contributed by atoms with van der Waals surface area (Å²) in [4.78, 5) is 24.5. The molecule has 0 aliphatic rings. The molecule has 0 bridgehead atoms. The van der Waals surface area contributed by atoms with Crippen LogP contribution in [0.5, 0.6) is 0 Å². The van der Waals surface area contributed by atoms with Crippen molar-refractivity contribution in [2.75, 3.05) is 0 Å². The Morgan fingerprint density at radius 1 is 1.17 bits per heavy atom. The van der Waals surface area contributed by atoms with Crippen LogP contribution in [0.1, 0.15) is 21.0 Å². The maximum atomic E-state index is 12.4. The monoisotopic (exact) mass is 368 g/mol. The molecule has 116 valence electrons. The fraction of sp³-hybridized carbons (Fsp3) is 0.0588. The van der Waals surface area contributed by atoms with Crippen molar-refractivity contribution in [3.63, 3.8) is 0 Å². The molecular weight excluding hydrogens is 359 g/mol. The number of carboxylic acid groups (broad SMARTS) is 1. The van der Waals surface area contributed by atoms with Gasteiger partial charge in [0, 0.05) is 22.3 Å². The Hall–Kier alpha value is -1.37. The molecule has 0 aliphatic carbocycles. The molecule has 7 heteroatoms. The standard InChI is InChI=1S/C17H11ClO4S.Na/c18-12-5-3-10(4-6-12)17-11(9-15(19)20)8-14(23-17)16(21)13-2-1-7-22-13;/h1-8H,9H2,(H,19,20);/q;+1/p-1. The van der Waals surface area contributed by atoms with Crippen LogP contribution in [0.3, 0.4) is 0 Å². The molecule has 0 atom stereocenters. The molecule has 0 unspecified atom stereocenters. The van der Waals surface area contributed by atoms with Gasteiger partial charge < -0.3 is 14.3 Å². The van der Waals surface area contributed by atoms with Gasteiger partial charge in [-0.25, -0.2) is 0 Å². The normalized spacial score (nSPS) is 10.2. The number of benzene rings is 1. The predicted octanol–water partition coefficient (Wildman–Crippen LogP) is 0.189. The van der Waals surface area contributed by atoms with Crippen LogP contribution in [0.15, 0.2) is 53.1 Å². The van der Waals surface area contributed by atoms with Crippen LogP contribution >= 0.6 is 22.9 Å². The van der Waals surface area contributed by atoms with E-state index < -0.39 is 5.97 Å². The zero-order valence-corrected chi connectivity index (χ0v) is 16.3. The van der Waals surface area contributed by atoms with E-state index in [1.165, 1.54) is 17.6 Å². The Balaban J connectivity index is 0.00000208. The molecule has 0 spiro atoms. The molecule has 0 N–H and O–H groups in total. The van der Waals surface area contributed by atoms with Crippen molar-refractivity contribution >= 4 is 34.7 Å². The van der Waals surface area contributed by atoms with Crippen LogP contribution in [0.4, 0.5) is 0 Å². The fourth-order valence-corrected chi connectivity index (χ4v) is 3.46.